The quantitative estimate of drug-likeness (QED) is 0.823. The molecule has 0 unspecified atom stereocenters. The Morgan fingerprint density at radius 3 is 2.43 bits per heavy atom. The maximum atomic E-state index is 11.8. The largest absolute Gasteiger partial charge is 0.504 e. The van der Waals surface area contributed by atoms with Crippen molar-refractivity contribution in [2.75, 3.05) is 7.11 Å². The Morgan fingerprint density at radius 1 is 1.19 bits per heavy atom. The van der Waals surface area contributed by atoms with Crippen molar-refractivity contribution in [2.24, 2.45) is 0 Å². The number of thiophene rings is 1. The van der Waals surface area contributed by atoms with Crippen molar-refractivity contribution in [1.82, 2.24) is 0 Å². The van der Waals surface area contributed by atoms with E-state index in [1.54, 1.807) is 12.1 Å². The molecule has 0 aliphatic rings. The lowest BCUT2D eigenvalue weighted by Crippen LogP contribution is -2.01. The van der Waals surface area contributed by atoms with E-state index in [0.717, 1.165) is 10.1 Å². The van der Waals surface area contributed by atoms with Crippen molar-refractivity contribution in [1.29, 1.82) is 0 Å². The first kappa shape index (κ1) is 17.0. The van der Waals surface area contributed by atoms with E-state index in [-0.39, 0.29) is 24.4 Å². The summed E-state index contributed by atoms with van der Waals surface area (Å²) in [6, 6.07) is 4.87. The Morgan fingerprint density at radius 2 is 1.86 bits per heavy atom. The van der Waals surface area contributed by atoms with Crippen LogP contribution in [0.3, 0.4) is 0 Å². The predicted octanol–water partition coefficient (Wildman–Crippen LogP) is 3.69. The third kappa shape index (κ3) is 4.19. The maximum absolute atomic E-state index is 11.8. The summed E-state index contributed by atoms with van der Waals surface area (Å²) in [6.07, 6.45) is -0.201. The molecule has 0 aliphatic carbocycles. The summed E-state index contributed by atoms with van der Waals surface area (Å²) in [5, 5.41) is 19.0. The normalized spacial score (nSPS) is 9.86. The smallest absolute Gasteiger partial charge is 0.303 e. The van der Waals surface area contributed by atoms with E-state index in [4.69, 9.17) is 9.84 Å². The van der Waals surface area contributed by atoms with E-state index in [2.05, 4.69) is 0 Å². The molecule has 1 aromatic carbocycles. The molecule has 2 N–H and O–H groups in total. The summed E-state index contributed by atoms with van der Waals surface area (Å²) < 4.78 is 5.75. The van der Waals surface area contributed by atoms with E-state index in [1.165, 1.54) is 24.5 Å². The minimum Gasteiger partial charge on any atom is -0.504 e. The molecular formula is C15H18O5S. The molecule has 21 heavy (non-hydrogen) atoms. The highest BCUT2D eigenvalue weighted by Gasteiger charge is 2.14. The van der Waals surface area contributed by atoms with Gasteiger partial charge in [0.1, 0.15) is 0 Å². The fourth-order valence-corrected chi connectivity index (χ4v) is 2.74. The van der Waals surface area contributed by atoms with Crippen LogP contribution in [0, 0.1) is 0 Å². The highest BCUT2D eigenvalue weighted by Crippen LogP contribution is 2.36. The molecule has 2 rings (SSSR count). The zero-order valence-corrected chi connectivity index (χ0v) is 13.0. The lowest BCUT2D eigenvalue weighted by Gasteiger charge is -2.01. The molecule has 0 amide bonds. The average molecular weight is 310 g/mol. The number of rotatable bonds is 5. The molecule has 0 saturated carbocycles. The molecule has 0 radical (unpaired) electrons. The third-order valence-electron chi connectivity index (χ3n) is 2.66. The first-order valence-corrected chi connectivity index (χ1v) is 7.38. The van der Waals surface area contributed by atoms with Gasteiger partial charge in [0.15, 0.2) is 17.3 Å². The Labute approximate surface area is 126 Å². The summed E-state index contributed by atoms with van der Waals surface area (Å²) in [5.74, 6) is -0.841. The molecule has 0 spiro atoms. The number of fused-ring (bicyclic) bond motifs is 1. The topological polar surface area (TPSA) is 83.8 Å². The van der Waals surface area contributed by atoms with Crippen LogP contribution in [-0.2, 0) is 4.79 Å². The molecule has 114 valence electrons. The van der Waals surface area contributed by atoms with E-state index < -0.39 is 5.97 Å². The van der Waals surface area contributed by atoms with Crippen LogP contribution in [0.2, 0.25) is 0 Å². The van der Waals surface area contributed by atoms with Gasteiger partial charge in [0, 0.05) is 17.2 Å². The molecule has 1 aromatic heterocycles. The molecule has 0 aliphatic heterocycles. The number of methoxy groups -OCH3 is 1. The van der Waals surface area contributed by atoms with Crippen LogP contribution in [0.1, 0.15) is 36.4 Å². The average Bonchev–Trinajstić information content (AvgIpc) is 2.88. The van der Waals surface area contributed by atoms with Crippen LogP contribution in [0.15, 0.2) is 18.2 Å². The second-order valence-corrected chi connectivity index (χ2v) is 5.07. The van der Waals surface area contributed by atoms with Crippen molar-refractivity contribution in [3.63, 3.8) is 0 Å². The predicted molar refractivity (Wildman–Crippen MR) is 82.6 cm³/mol. The first-order valence-electron chi connectivity index (χ1n) is 6.57. The number of Topliss-reactive ketones (excluding diaryl/α,β-unsaturated/α-hetero) is 1. The van der Waals surface area contributed by atoms with Crippen molar-refractivity contribution in [3.8, 4) is 11.5 Å². The second kappa shape index (κ2) is 7.64. The van der Waals surface area contributed by atoms with Gasteiger partial charge in [0.2, 0.25) is 0 Å². The number of carbonyl (C=O) groups is 2. The summed E-state index contributed by atoms with van der Waals surface area (Å²) in [6.45, 7) is 4.00. The zero-order valence-electron chi connectivity index (χ0n) is 12.2. The number of ether oxygens (including phenoxy) is 1. The van der Waals surface area contributed by atoms with E-state index in [1.807, 2.05) is 13.8 Å². The van der Waals surface area contributed by atoms with Crippen LogP contribution in [0.5, 0.6) is 11.5 Å². The van der Waals surface area contributed by atoms with Gasteiger partial charge in [-0.2, -0.15) is 0 Å². The minimum absolute atomic E-state index is 0.0152. The number of benzene rings is 1. The van der Waals surface area contributed by atoms with Gasteiger partial charge in [-0.3, -0.25) is 9.59 Å². The highest BCUT2D eigenvalue weighted by atomic mass is 32.1. The first-order chi connectivity index (χ1) is 10.0. The number of carboxylic acids is 1. The van der Waals surface area contributed by atoms with Crippen LogP contribution < -0.4 is 4.74 Å². The maximum Gasteiger partial charge on any atom is 0.303 e. The molecule has 5 nitrogen and oxygen atoms in total. The molecule has 0 atom stereocenters. The summed E-state index contributed by atoms with van der Waals surface area (Å²) >= 11 is 1.23. The number of carboxylic acid groups (broad SMARTS) is 1. The number of ketones is 1. The van der Waals surface area contributed by atoms with Crippen molar-refractivity contribution >= 4 is 33.2 Å². The monoisotopic (exact) mass is 310 g/mol. The van der Waals surface area contributed by atoms with Gasteiger partial charge in [-0.15, -0.1) is 11.3 Å². The molecule has 0 saturated heterocycles. The molecule has 2 aromatic rings. The van der Waals surface area contributed by atoms with Crippen LogP contribution in [0.25, 0.3) is 10.1 Å². The Kier molecular flexibility index (Phi) is 6.17. The molecular weight excluding hydrogens is 292 g/mol. The Balaban J connectivity index is 0.00000106. The van der Waals surface area contributed by atoms with E-state index >= 15 is 0 Å². The van der Waals surface area contributed by atoms with Gasteiger partial charge >= 0.3 is 5.97 Å². The van der Waals surface area contributed by atoms with Crippen molar-refractivity contribution < 1.29 is 24.5 Å². The number of aliphatic carboxylic acids is 1. The number of aromatic hydroxyl groups is 1. The lowest BCUT2D eigenvalue weighted by atomic mass is 10.1. The van der Waals surface area contributed by atoms with Crippen LogP contribution in [-0.4, -0.2) is 29.1 Å². The molecule has 6 heteroatoms. The number of phenols is 1. The van der Waals surface area contributed by atoms with Gasteiger partial charge in [0.25, 0.3) is 0 Å². The SMILES string of the molecule is CC.COc1cc2cc(C(=O)CCC(=O)O)sc2cc1O. The van der Waals surface area contributed by atoms with Gasteiger partial charge in [-0.25, -0.2) is 0 Å². The van der Waals surface area contributed by atoms with Crippen molar-refractivity contribution in [3.05, 3.63) is 23.1 Å². The number of carbonyl (C=O) groups excluding carboxylic acids is 1. The fourth-order valence-electron chi connectivity index (χ4n) is 1.70. The Bertz CT molecular complexity index is 645. The second-order valence-electron chi connectivity index (χ2n) is 3.99. The van der Waals surface area contributed by atoms with E-state index in [0.29, 0.717) is 10.6 Å². The zero-order chi connectivity index (χ0) is 16.0. The molecule has 1 heterocycles. The number of hydrogen-bond donors (Lipinski definition) is 2. The van der Waals surface area contributed by atoms with Gasteiger partial charge in [-0.1, -0.05) is 13.8 Å². The van der Waals surface area contributed by atoms with Gasteiger partial charge < -0.3 is 14.9 Å². The van der Waals surface area contributed by atoms with Gasteiger partial charge in [-0.05, 0) is 17.5 Å². The lowest BCUT2D eigenvalue weighted by molar-refractivity contribution is -0.136. The molecule has 0 bridgehead atoms. The van der Waals surface area contributed by atoms with Gasteiger partial charge in [0.05, 0.1) is 18.4 Å². The summed E-state index contributed by atoms with van der Waals surface area (Å²) in [4.78, 5) is 22.7. The Hall–Kier alpha value is -2.08. The fraction of sp³-hybridized carbons (Fsp3) is 0.333. The molecule has 0 fully saturated rings. The summed E-state index contributed by atoms with van der Waals surface area (Å²) in [7, 11) is 1.45. The third-order valence-corrected chi connectivity index (χ3v) is 3.80. The number of hydrogen-bond acceptors (Lipinski definition) is 5. The van der Waals surface area contributed by atoms with Crippen molar-refractivity contribution in [2.45, 2.75) is 26.7 Å². The number of phenolic OH excluding ortho intramolecular Hbond substituents is 1. The van der Waals surface area contributed by atoms with E-state index in [9.17, 15) is 14.7 Å². The highest BCUT2D eigenvalue weighted by molar-refractivity contribution is 7.20. The minimum atomic E-state index is -0.992. The van der Waals surface area contributed by atoms with Crippen LogP contribution >= 0.6 is 11.3 Å². The summed E-state index contributed by atoms with van der Waals surface area (Å²) in [5.41, 5.74) is 0. The van der Waals surface area contributed by atoms with Crippen LogP contribution in [0.4, 0.5) is 0 Å². The standard InChI is InChI=1S/C13H12O5S.C2H6/c1-18-10-4-7-5-12(8(14)2-3-13(16)17)19-11(7)6-9(10)15;1-2/h4-6,15H,2-3H2,1H3,(H,16,17);1-2H3.